The smallest absolute Gasteiger partial charge is 0.208 e. The Morgan fingerprint density at radius 1 is 1.29 bits per heavy atom. The summed E-state index contributed by atoms with van der Waals surface area (Å²) >= 11 is 1.63. The summed E-state index contributed by atoms with van der Waals surface area (Å²) in [6, 6.07) is 9.90. The highest BCUT2D eigenvalue weighted by molar-refractivity contribution is 7.99. The van der Waals surface area contributed by atoms with Crippen LogP contribution in [0.2, 0.25) is 0 Å². The topological polar surface area (TPSA) is 46.2 Å². The van der Waals surface area contributed by atoms with Crippen molar-refractivity contribution in [1.29, 1.82) is 0 Å². The quantitative estimate of drug-likeness (QED) is 0.614. The third kappa shape index (κ3) is 5.26. The maximum absolute atomic E-state index is 10.7. The van der Waals surface area contributed by atoms with E-state index in [4.69, 9.17) is 0 Å². The van der Waals surface area contributed by atoms with Gasteiger partial charge in [0.1, 0.15) is 0 Å². The minimum Gasteiger partial charge on any atom is -0.215 e. The lowest BCUT2D eigenvalue weighted by molar-refractivity contribution is 0.590. The summed E-state index contributed by atoms with van der Waals surface area (Å²) in [4.78, 5) is 1.16. The van der Waals surface area contributed by atoms with Crippen LogP contribution in [-0.4, -0.2) is 27.0 Å². The van der Waals surface area contributed by atoms with Gasteiger partial charge < -0.3 is 0 Å². The van der Waals surface area contributed by atoms with Gasteiger partial charge in [0.05, 0.1) is 6.26 Å². The molecule has 0 atom stereocenters. The standard InChI is InChI=1S/C9H13NO2S2/c1-14(11,12)10-7-8-13-9-5-3-2-4-6-9/h2-6,10H,7-8H2,1H3. The molecule has 0 bridgehead atoms. The van der Waals surface area contributed by atoms with Crippen molar-refractivity contribution in [2.45, 2.75) is 4.90 Å². The van der Waals surface area contributed by atoms with Crippen LogP contribution in [0.3, 0.4) is 0 Å². The maximum atomic E-state index is 10.7. The molecule has 0 aromatic heterocycles. The first-order valence-electron chi connectivity index (χ1n) is 4.20. The molecule has 1 aromatic carbocycles. The molecule has 14 heavy (non-hydrogen) atoms. The minimum absolute atomic E-state index is 0.471. The first-order chi connectivity index (χ1) is 6.58. The molecule has 0 unspecified atom stereocenters. The van der Waals surface area contributed by atoms with E-state index in [-0.39, 0.29) is 0 Å². The van der Waals surface area contributed by atoms with Crippen molar-refractivity contribution in [3.05, 3.63) is 30.3 Å². The van der Waals surface area contributed by atoms with Crippen molar-refractivity contribution in [3.63, 3.8) is 0 Å². The van der Waals surface area contributed by atoms with Gasteiger partial charge in [-0.05, 0) is 12.1 Å². The van der Waals surface area contributed by atoms with Crippen molar-refractivity contribution in [2.24, 2.45) is 0 Å². The second-order valence-corrected chi connectivity index (χ2v) is 5.83. The predicted molar refractivity (Wildman–Crippen MR) is 60.0 cm³/mol. The van der Waals surface area contributed by atoms with Crippen molar-refractivity contribution in [1.82, 2.24) is 4.72 Å². The molecule has 0 radical (unpaired) electrons. The van der Waals surface area contributed by atoms with Gasteiger partial charge in [-0.3, -0.25) is 0 Å². The zero-order valence-electron chi connectivity index (χ0n) is 7.93. The Morgan fingerprint density at radius 3 is 2.50 bits per heavy atom. The number of hydrogen-bond acceptors (Lipinski definition) is 3. The molecule has 5 heteroatoms. The Morgan fingerprint density at radius 2 is 1.93 bits per heavy atom. The fraction of sp³-hybridized carbons (Fsp3) is 0.333. The molecule has 0 heterocycles. The molecule has 0 saturated carbocycles. The summed E-state index contributed by atoms with van der Waals surface area (Å²) < 4.78 is 23.9. The third-order valence-electron chi connectivity index (χ3n) is 1.48. The van der Waals surface area contributed by atoms with Crippen molar-refractivity contribution in [3.8, 4) is 0 Å². The molecule has 1 rings (SSSR count). The maximum Gasteiger partial charge on any atom is 0.208 e. The summed E-state index contributed by atoms with van der Waals surface area (Å²) in [6.45, 7) is 0.471. The molecule has 0 aliphatic rings. The van der Waals surface area contributed by atoms with Crippen molar-refractivity contribution < 1.29 is 8.42 Å². The van der Waals surface area contributed by atoms with E-state index >= 15 is 0 Å². The predicted octanol–water partition coefficient (Wildman–Crippen LogP) is 1.33. The molecule has 0 aliphatic carbocycles. The number of sulfonamides is 1. The van der Waals surface area contributed by atoms with Gasteiger partial charge in [-0.15, -0.1) is 11.8 Å². The van der Waals surface area contributed by atoms with Gasteiger partial charge in [-0.2, -0.15) is 0 Å². The van der Waals surface area contributed by atoms with Crippen LogP contribution >= 0.6 is 11.8 Å². The molecule has 0 aliphatic heterocycles. The Labute approximate surface area is 89.0 Å². The fourth-order valence-electron chi connectivity index (χ4n) is 0.913. The molecule has 0 spiro atoms. The summed E-state index contributed by atoms with van der Waals surface area (Å²) in [6.07, 6.45) is 1.17. The van der Waals surface area contributed by atoms with Crippen LogP contribution < -0.4 is 4.72 Å². The van der Waals surface area contributed by atoms with Crippen molar-refractivity contribution in [2.75, 3.05) is 18.6 Å². The second kappa shape index (κ2) is 5.38. The Kier molecular flexibility index (Phi) is 4.44. The number of benzene rings is 1. The van der Waals surface area contributed by atoms with E-state index in [9.17, 15) is 8.42 Å². The Balaban J connectivity index is 2.23. The minimum atomic E-state index is -3.04. The Hall–Kier alpha value is -0.520. The highest BCUT2D eigenvalue weighted by atomic mass is 32.2. The van der Waals surface area contributed by atoms with E-state index in [1.165, 1.54) is 6.26 Å². The molecule has 78 valence electrons. The fourth-order valence-corrected chi connectivity index (χ4v) is 2.30. The molecular weight excluding hydrogens is 218 g/mol. The molecule has 0 fully saturated rings. The van der Waals surface area contributed by atoms with Crippen LogP contribution in [0.5, 0.6) is 0 Å². The van der Waals surface area contributed by atoms with Gasteiger partial charge in [-0.1, -0.05) is 18.2 Å². The SMILES string of the molecule is CS(=O)(=O)NCCSc1ccccc1. The van der Waals surface area contributed by atoms with Gasteiger partial charge in [0, 0.05) is 17.2 Å². The number of nitrogens with one attached hydrogen (secondary N) is 1. The number of thioether (sulfide) groups is 1. The van der Waals surface area contributed by atoms with E-state index < -0.39 is 10.0 Å². The van der Waals surface area contributed by atoms with E-state index in [0.29, 0.717) is 6.54 Å². The van der Waals surface area contributed by atoms with Crippen LogP contribution in [0.1, 0.15) is 0 Å². The van der Waals surface area contributed by atoms with Gasteiger partial charge in [-0.25, -0.2) is 13.1 Å². The monoisotopic (exact) mass is 231 g/mol. The molecular formula is C9H13NO2S2. The average Bonchev–Trinajstić information content (AvgIpc) is 2.13. The van der Waals surface area contributed by atoms with Gasteiger partial charge >= 0.3 is 0 Å². The van der Waals surface area contributed by atoms with E-state index in [2.05, 4.69) is 4.72 Å². The normalized spacial score (nSPS) is 11.5. The lowest BCUT2D eigenvalue weighted by Crippen LogP contribution is -2.24. The summed E-state index contributed by atoms with van der Waals surface area (Å²) in [5.41, 5.74) is 0. The molecule has 0 saturated heterocycles. The molecule has 1 aromatic rings. The number of rotatable bonds is 5. The van der Waals surface area contributed by atoms with Crippen LogP contribution in [0.4, 0.5) is 0 Å². The summed E-state index contributed by atoms with van der Waals surface area (Å²) in [5, 5.41) is 0. The number of hydrogen-bond donors (Lipinski definition) is 1. The largest absolute Gasteiger partial charge is 0.215 e. The first-order valence-corrected chi connectivity index (χ1v) is 7.08. The van der Waals surface area contributed by atoms with Gasteiger partial charge in [0.2, 0.25) is 10.0 Å². The van der Waals surface area contributed by atoms with Crippen LogP contribution in [0.15, 0.2) is 35.2 Å². The van der Waals surface area contributed by atoms with Crippen LogP contribution in [0.25, 0.3) is 0 Å². The molecule has 1 N–H and O–H groups in total. The van der Waals surface area contributed by atoms with Crippen molar-refractivity contribution >= 4 is 21.8 Å². The highest BCUT2D eigenvalue weighted by Crippen LogP contribution is 2.15. The lowest BCUT2D eigenvalue weighted by atomic mass is 10.4. The second-order valence-electron chi connectivity index (χ2n) is 2.83. The first kappa shape index (κ1) is 11.6. The van der Waals surface area contributed by atoms with Crippen LogP contribution in [0, 0.1) is 0 Å². The lowest BCUT2D eigenvalue weighted by Gasteiger charge is -2.01. The zero-order valence-corrected chi connectivity index (χ0v) is 9.57. The Bertz CT molecular complexity index is 362. The van der Waals surface area contributed by atoms with E-state index in [1.54, 1.807) is 11.8 Å². The van der Waals surface area contributed by atoms with Gasteiger partial charge in [0.25, 0.3) is 0 Å². The van der Waals surface area contributed by atoms with E-state index in [0.717, 1.165) is 10.6 Å². The zero-order chi connectivity index (χ0) is 10.4. The summed E-state index contributed by atoms with van der Waals surface area (Å²) in [5.74, 6) is 0.747. The van der Waals surface area contributed by atoms with Gasteiger partial charge in [0.15, 0.2) is 0 Å². The van der Waals surface area contributed by atoms with E-state index in [1.807, 2.05) is 30.3 Å². The van der Waals surface area contributed by atoms with Crippen LogP contribution in [-0.2, 0) is 10.0 Å². The molecule has 3 nitrogen and oxygen atoms in total. The summed E-state index contributed by atoms with van der Waals surface area (Å²) in [7, 11) is -3.04. The average molecular weight is 231 g/mol. The molecule has 0 amide bonds. The third-order valence-corrected chi connectivity index (χ3v) is 3.22. The highest BCUT2D eigenvalue weighted by Gasteiger charge is 1.98.